The molecule has 0 aliphatic rings. The number of thioether (sulfide) groups is 1. The molecule has 0 spiro atoms. The molecule has 0 radical (unpaired) electrons. The number of rotatable bonds is 6. The minimum absolute atomic E-state index is 0.00700. The van der Waals surface area contributed by atoms with Gasteiger partial charge in [-0.2, -0.15) is 8.75 Å². The first-order valence-corrected chi connectivity index (χ1v) is 11.4. The fraction of sp³-hybridized carbons (Fsp3) is 0.130. The zero-order chi connectivity index (χ0) is 20.3. The van der Waals surface area contributed by atoms with Crippen LogP contribution in [0.15, 0.2) is 82.7 Å². The van der Waals surface area contributed by atoms with Crippen molar-refractivity contribution < 1.29 is 0 Å². The lowest BCUT2D eigenvalue weighted by Crippen LogP contribution is -2.24. The van der Waals surface area contributed by atoms with Crippen LogP contribution in [0.3, 0.4) is 0 Å². The molecule has 5 nitrogen and oxygen atoms in total. The highest BCUT2D eigenvalue weighted by Crippen LogP contribution is 2.26. The van der Waals surface area contributed by atoms with Crippen LogP contribution in [0.1, 0.15) is 11.1 Å². The van der Waals surface area contributed by atoms with E-state index < -0.39 is 0 Å². The largest absolute Gasteiger partial charge is 0.287 e. The number of hydrogen-bond donors (Lipinski definition) is 0. The lowest BCUT2D eigenvalue weighted by molar-refractivity contribution is 0.595. The Balaban J connectivity index is 1.50. The molecular weight excluding hydrogens is 412 g/mol. The van der Waals surface area contributed by atoms with Crippen LogP contribution in [0.5, 0.6) is 0 Å². The molecule has 5 aromatic rings. The second kappa shape index (κ2) is 8.38. The van der Waals surface area contributed by atoms with E-state index in [2.05, 4.69) is 26.9 Å². The quantitative estimate of drug-likeness (QED) is 0.282. The van der Waals surface area contributed by atoms with Gasteiger partial charge < -0.3 is 0 Å². The van der Waals surface area contributed by atoms with E-state index in [0.29, 0.717) is 17.7 Å². The molecule has 0 saturated carbocycles. The summed E-state index contributed by atoms with van der Waals surface area (Å²) in [5.74, 6) is 0.679. The standard InChI is InChI=1S/C23H18N4OS2/c28-22-18-10-4-5-11-19(18)24-23(27(22)14-13-16-7-2-1-3-8-16)29-15-17-9-6-12-20-21(17)26-30-25-20/h1-12H,13-15H2. The van der Waals surface area contributed by atoms with Crippen molar-refractivity contribution in [2.24, 2.45) is 0 Å². The summed E-state index contributed by atoms with van der Waals surface area (Å²) in [6.45, 7) is 0.589. The van der Waals surface area contributed by atoms with Gasteiger partial charge in [0, 0.05) is 12.3 Å². The van der Waals surface area contributed by atoms with Crippen molar-refractivity contribution in [1.29, 1.82) is 0 Å². The summed E-state index contributed by atoms with van der Waals surface area (Å²) in [7, 11) is 0. The number of fused-ring (bicyclic) bond motifs is 2. The Kier molecular flexibility index (Phi) is 5.29. The summed E-state index contributed by atoms with van der Waals surface area (Å²) in [6.07, 6.45) is 0.778. The fourth-order valence-corrected chi connectivity index (χ4v) is 5.04. The molecule has 0 amide bonds. The van der Waals surface area contributed by atoms with Crippen LogP contribution >= 0.6 is 23.5 Å². The summed E-state index contributed by atoms with van der Waals surface area (Å²) in [4.78, 5) is 18.1. The number of aromatic nitrogens is 4. The van der Waals surface area contributed by atoms with Gasteiger partial charge in [0.15, 0.2) is 5.16 Å². The zero-order valence-corrected chi connectivity index (χ0v) is 17.7. The molecule has 0 fully saturated rings. The Bertz CT molecular complexity index is 1380. The molecule has 0 aliphatic heterocycles. The highest BCUT2D eigenvalue weighted by atomic mass is 32.2. The van der Waals surface area contributed by atoms with Crippen molar-refractivity contribution in [3.05, 3.63) is 94.3 Å². The van der Waals surface area contributed by atoms with E-state index in [-0.39, 0.29) is 5.56 Å². The number of nitrogens with zero attached hydrogens (tertiary/aromatic N) is 4. The van der Waals surface area contributed by atoms with Gasteiger partial charge in [0.25, 0.3) is 5.56 Å². The van der Waals surface area contributed by atoms with Gasteiger partial charge in [-0.3, -0.25) is 9.36 Å². The van der Waals surface area contributed by atoms with Crippen molar-refractivity contribution in [1.82, 2.24) is 18.3 Å². The molecule has 3 aromatic carbocycles. The van der Waals surface area contributed by atoms with Gasteiger partial charge in [-0.1, -0.05) is 66.4 Å². The lowest BCUT2D eigenvalue weighted by Gasteiger charge is -2.13. The molecule has 2 heterocycles. The van der Waals surface area contributed by atoms with E-state index >= 15 is 0 Å². The van der Waals surface area contributed by atoms with E-state index in [9.17, 15) is 4.79 Å². The van der Waals surface area contributed by atoms with Gasteiger partial charge in [0.1, 0.15) is 11.0 Å². The molecule has 2 aromatic heterocycles. The first-order chi connectivity index (χ1) is 14.8. The molecule has 0 bridgehead atoms. The minimum atomic E-state index is 0.00700. The van der Waals surface area contributed by atoms with Gasteiger partial charge in [-0.05, 0) is 35.7 Å². The normalized spacial score (nSPS) is 11.3. The Morgan fingerprint density at radius 2 is 1.67 bits per heavy atom. The summed E-state index contributed by atoms with van der Waals surface area (Å²) < 4.78 is 10.6. The van der Waals surface area contributed by atoms with E-state index in [0.717, 1.165) is 33.7 Å². The smallest absolute Gasteiger partial charge is 0.262 e. The number of benzene rings is 3. The third-order valence-electron chi connectivity index (χ3n) is 5.02. The Morgan fingerprint density at radius 1 is 0.867 bits per heavy atom. The average molecular weight is 431 g/mol. The summed E-state index contributed by atoms with van der Waals surface area (Å²) in [6, 6.07) is 23.8. The van der Waals surface area contributed by atoms with Gasteiger partial charge in [0.05, 0.1) is 22.6 Å². The van der Waals surface area contributed by atoms with Crippen LogP contribution < -0.4 is 5.56 Å². The molecule has 0 N–H and O–H groups in total. The predicted molar refractivity (Wildman–Crippen MR) is 123 cm³/mol. The van der Waals surface area contributed by atoms with E-state index in [1.807, 2.05) is 54.6 Å². The summed E-state index contributed by atoms with van der Waals surface area (Å²) >= 11 is 2.79. The number of aryl methyl sites for hydroxylation is 1. The van der Waals surface area contributed by atoms with Crippen LogP contribution in [-0.4, -0.2) is 18.3 Å². The molecule has 7 heteroatoms. The topological polar surface area (TPSA) is 60.7 Å². The van der Waals surface area contributed by atoms with E-state index in [4.69, 9.17) is 4.98 Å². The lowest BCUT2D eigenvalue weighted by atomic mass is 10.1. The first kappa shape index (κ1) is 19.0. The fourth-order valence-electron chi connectivity index (χ4n) is 3.46. The maximum atomic E-state index is 13.2. The van der Waals surface area contributed by atoms with Gasteiger partial charge >= 0.3 is 0 Å². The molecule has 0 atom stereocenters. The molecule has 148 valence electrons. The van der Waals surface area contributed by atoms with Crippen molar-refractivity contribution in [3.8, 4) is 0 Å². The van der Waals surface area contributed by atoms with Crippen LogP contribution in [0, 0.1) is 0 Å². The first-order valence-electron chi connectivity index (χ1n) is 9.66. The van der Waals surface area contributed by atoms with Gasteiger partial charge in [-0.15, -0.1) is 0 Å². The Hall–Kier alpha value is -3.03. The zero-order valence-electron chi connectivity index (χ0n) is 16.1. The summed E-state index contributed by atoms with van der Waals surface area (Å²) in [5, 5.41) is 1.38. The van der Waals surface area contributed by atoms with Crippen molar-refractivity contribution >= 4 is 45.4 Å². The monoisotopic (exact) mass is 430 g/mol. The molecular formula is C23H18N4OS2. The molecule has 0 aliphatic carbocycles. The molecule has 30 heavy (non-hydrogen) atoms. The van der Waals surface area contributed by atoms with Crippen LogP contribution in [0.2, 0.25) is 0 Å². The van der Waals surface area contributed by atoms with Gasteiger partial charge in [-0.25, -0.2) is 4.98 Å². The van der Waals surface area contributed by atoms with Crippen molar-refractivity contribution in [2.75, 3.05) is 0 Å². The molecule has 0 saturated heterocycles. The van der Waals surface area contributed by atoms with Crippen LogP contribution in [0.25, 0.3) is 21.9 Å². The molecule has 0 unspecified atom stereocenters. The summed E-state index contributed by atoms with van der Waals surface area (Å²) in [5.41, 5.74) is 4.87. The second-order valence-corrected chi connectivity index (χ2v) is 8.41. The number of para-hydroxylation sites is 1. The third kappa shape index (κ3) is 3.74. The second-order valence-electron chi connectivity index (χ2n) is 6.94. The maximum Gasteiger partial charge on any atom is 0.262 e. The SMILES string of the molecule is O=c1c2ccccc2nc(SCc2cccc3nsnc23)n1CCc1ccccc1. The van der Waals surface area contributed by atoms with E-state index in [1.54, 1.807) is 16.3 Å². The van der Waals surface area contributed by atoms with Crippen molar-refractivity contribution in [2.45, 2.75) is 23.9 Å². The van der Waals surface area contributed by atoms with E-state index in [1.165, 1.54) is 17.3 Å². The Morgan fingerprint density at radius 3 is 2.57 bits per heavy atom. The Labute approximate surface area is 181 Å². The highest BCUT2D eigenvalue weighted by Gasteiger charge is 2.13. The minimum Gasteiger partial charge on any atom is -0.287 e. The predicted octanol–water partition coefficient (Wildman–Crippen LogP) is 4.94. The average Bonchev–Trinajstić information content (AvgIpc) is 3.27. The van der Waals surface area contributed by atoms with Crippen molar-refractivity contribution in [3.63, 3.8) is 0 Å². The maximum absolute atomic E-state index is 13.2. The highest BCUT2D eigenvalue weighted by molar-refractivity contribution is 7.98. The van der Waals surface area contributed by atoms with Crippen LogP contribution in [-0.2, 0) is 18.7 Å². The van der Waals surface area contributed by atoms with Crippen LogP contribution in [0.4, 0.5) is 0 Å². The molecule has 5 rings (SSSR count). The number of hydrogen-bond acceptors (Lipinski definition) is 6. The third-order valence-corrected chi connectivity index (χ3v) is 6.59. The van der Waals surface area contributed by atoms with Gasteiger partial charge in [0.2, 0.25) is 0 Å².